The third kappa shape index (κ3) is 2.83. The van der Waals surface area contributed by atoms with E-state index in [1.54, 1.807) is 30.6 Å². The van der Waals surface area contributed by atoms with Crippen molar-refractivity contribution in [2.45, 2.75) is 13.0 Å². The SMILES string of the molecule is O=c1c2cnc(N3CCc4ccccc4C3)nc2ccn1-c1ccc(F)cc1. The maximum absolute atomic E-state index is 13.2. The first-order chi connectivity index (χ1) is 13.7. The number of hydrogen-bond acceptors (Lipinski definition) is 4. The van der Waals surface area contributed by atoms with Gasteiger partial charge in [0.05, 0.1) is 10.9 Å². The number of rotatable bonds is 2. The van der Waals surface area contributed by atoms with Gasteiger partial charge in [0.15, 0.2) is 0 Å². The molecular formula is C22H17FN4O. The average molecular weight is 372 g/mol. The van der Waals surface area contributed by atoms with Gasteiger partial charge in [-0.1, -0.05) is 24.3 Å². The largest absolute Gasteiger partial charge is 0.336 e. The van der Waals surface area contributed by atoms with Crippen LogP contribution < -0.4 is 10.5 Å². The summed E-state index contributed by atoms with van der Waals surface area (Å²) in [5.41, 5.74) is 3.63. The smallest absolute Gasteiger partial charge is 0.266 e. The van der Waals surface area contributed by atoms with Gasteiger partial charge in [0.25, 0.3) is 5.56 Å². The number of fused-ring (bicyclic) bond motifs is 2. The molecule has 0 amide bonds. The van der Waals surface area contributed by atoms with E-state index in [-0.39, 0.29) is 11.4 Å². The molecule has 3 heterocycles. The third-order valence-corrected chi connectivity index (χ3v) is 5.15. The highest BCUT2D eigenvalue weighted by molar-refractivity contribution is 5.78. The van der Waals surface area contributed by atoms with Crippen LogP contribution in [0.25, 0.3) is 16.6 Å². The number of halogens is 1. The minimum atomic E-state index is -0.339. The molecule has 0 saturated carbocycles. The topological polar surface area (TPSA) is 51.0 Å². The van der Waals surface area contributed by atoms with Crippen LogP contribution in [0.2, 0.25) is 0 Å². The van der Waals surface area contributed by atoms with Crippen molar-refractivity contribution < 1.29 is 4.39 Å². The maximum atomic E-state index is 13.2. The van der Waals surface area contributed by atoms with Crippen LogP contribution in [0.4, 0.5) is 10.3 Å². The van der Waals surface area contributed by atoms with Crippen molar-refractivity contribution in [2.24, 2.45) is 0 Å². The standard InChI is InChI=1S/C22H17FN4O/c23-17-5-7-18(8-6-17)27-12-10-20-19(21(27)28)13-24-22(25-20)26-11-9-15-3-1-2-4-16(15)14-26/h1-8,10,12-13H,9,11,14H2. The van der Waals surface area contributed by atoms with Crippen LogP contribution in [0.5, 0.6) is 0 Å². The predicted octanol–water partition coefficient (Wildman–Crippen LogP) is 3.48. The van der Waals surface area contributed by atoms with Gasteiger partial charge < -0.3 is 4.90 Å². The molecule has 0 atom stereocenters. The van der Waals surface area contributed by atoms with Gasteiger partial charge >= 0.3 is 0 Å². The minimum Gasteiger partial charge on any atom is -0.336 e. The van der Waals surface area contributed by atoms with E-state index >= 15 is 0 Å². The lowest BCUT2D eigenvalue weighted by Gasteiger charge is -2.28. The zero-order valence-electron chi connectivity index (χ0n) is 15.0. The van der Waals surface area contributed by atoms with Gasteiger partial charge in [-0.15, -0.1) is 0 Å². The normalized spacial score (nSPS) is 13.5. The highest BCUT2D eigenvalue weighted by Crippen LogP contribution is 2.22. The molecule has 0 spiro atoms. The molecule has 0 fully saturated rings. The van der Waals surface area contributed by atoms with Crippen molar-refractivity contribution in [3.05, 3.63) is 94.3 Å². The Morgan fingerprint density at radius 2 is 1.75 bits per heavy atom. The lowest BCUT2D eigenvalue weighted by atomic mass is 10.0. The number of pyridine rings is 1. The van der Waals surface area contributed by atoms with E-state index in [0.717, 1.165) is 19.5 Å². The van der Waals surface area contributed by atoms with Gasteiger partial charge in [-0.25, -0.2) is 14.4 Å². The first-order valence-electron chi connectivity index (χ1n) is 9.15. The van der Waals surface area contributed by atoms with Gasteiger partial charge in [0.2, 0.25) is 5.95 Å². The average Bonchev–Trinajstić information content (AvgIpc) is 2.74. The fraction of sp³-hybridized carbons (Fsp3) is 0.136. The molecular weight excluding hydrogens is 355 g/mol. The van der Waals surface area contributed by atoms with E-state index in [4.69, 9.17) is 0 Å². The van der Waals surface area contributed by atoms with Gasteiger partial charge in [0, 0.05) is 31.2 Å². The quantitative estimate of drug-likeness (QED) is 0.541. The second kappa shape index (κ2) is 6.56. The van der Waals surface area contributed by atoms with Crippen molar-refractivity contribution in [3.8, 4) is 5.69 Å². The second-order valence-electron chi connectivity index (χ2n) is 6.88. The highest BCUT2D eigenvalue weighted by Gasteiger charge is 2.18. The summed E-state index contributed by atoms with van der Waals surface area (Å²) in [7, 11) is 0. The minimum absolute atomic E-state index is 0.223. The zero-order chi connectivity index (χ0) is 19.1. The fourth-order valence-corrected chi connectivity index (χ4v) is 3.64. The van der Waals surface area contributed by atoms with E-state index < -0.39 is 0 Å². The van der Waals surface area contributed by atoms with E-state index in [0.29, 0.717) is 22.5 Å². The molecule has 5 nitrogen and oxygen atoms in total. The highest BCUT2D eigenvalue weighted by atomic mass is 19.1. The molecule has 6 heteroatoms. The van der Waals surface area contributed by atoms with Crippen LogP contribution in [0, 0.1) is 5.82 Å². The van der Waals surface area contributed by atoms with Crippen molar-refractivity contribution in [1.82, 2.24) is 14.5 Å². The fourth-order valence-electron chi connectivity index (χ4n) is 3.64. The summed E-state index contributed by atoms with van der Waals surface area (Å²) in [4.78, 5) is 24.1. The Hall–Kier alpha value is -3.54. The Labute approximate surface area is 160 Å². The van der Waals surface area contributed by atoms with Crippen LogP contribution in [0.3, 0.4) is 0 Å². The predicted molar refractivity (Wildman–Crippen MR) is 106 cm³/mol. The summed E-state index contributed by atoms with van der Waals surface area (Å²) in [6.45, 7) is 1.60. The number of nitrogens with zero attached hydrogens (tertiary/aromatic N) is 4. The van der Waals surface area contributed by atoms with E-state index in [2.05, 4.69) is 33.1 Å². The Kier molecular flexibility index (Phi) is 3.90. The molecule has 5 rings (SSSR count). The van der Waals surface area contributed by atoms with Crippen molar-refractivity contribution in [1.29, 1.82) is 0 Å². The summed E-state index contributed by atoms with van der Waals surface area (Å²) in [6, 6.07) is 16.0. The van der Waals surface area contributed by atoms with Gasteiger partial charge in [-0.3, -0.25) is 9.36 Å². The first kappa shape index (κ1) is 16.6. The lowest BCUT2D eigenvalue weighted by Crippen LogP contribution is -2.31. The van der Waals surface area contributed by atoms with E-state index in [9.17, 15) is 9.18 Å². The Morgan fingerprint density at radius 1 is 0.964 bits per heavy atom. The van der Waals surface area contributed by atoms with Gasteiger partial charge in [0.1, 0.15) is 5.82 Å². The molecule has 2 aromatic carbocycles. The van der Waals surface area contributed by atoms with Crippen LogP contribution in [-0.2, 0) is 13.0 Å². The Morgan fingerprint density at radius 3 is 2.57 bits per heavy atom. The van der Waals surface area contributed by atoms with Crippen molar-refractivity contribution >= 4 is 16.9 Å². The number of anilines is 1. The van der Waals surface area contributed by atoms with Crippen molar-refractivity contribution in [2.75, 3.05) is 11.4 Å². The molecule has 4 aromatic rings. The second-order valence-corrected chi connectivity index (χ2v) is 6.88. The van der Waals surface area contributed by atoms with Gasteiger partial charge in [-0.05, 0) is 47.9 Å². The van der Waals surface area contributed by atoms with Crippen LogP contribution in [0.15, 0.2) is 71.8 Å². The molecule has 0 radical (unpaired) electrons. The lowest BCUT2D eigenvalue weighted by molar-refractivity contribution is 0.627. The first-order valence-corrected chi connectivity index (χ1v) is 9.15. The molecule has 1 aliphatic heterocycles. The molecule has 2 aromatic heterocycles. The Bertz CT molecular complexity index is 1230. The molecule has 0 aliphatic carbocycles. The zero-order valence-corrected chi connectivity index (χ0v) is 15.0. The summed E-state index contributed by atoms with van der Waals surface area (Å²) >= 11 is 0. The number of benzene rings is 2. The molecule has 0 bridgehead atoms. The van der Waals surface area contributed by atoms with Crippen LogP contribution in [-0.4, -0.2) is 21.1 Å². The molecule has 28 heavy (non-hydrogen) atoms. The monoisotopic (exact) mass is 372 g/mol. The molecule has 1 aliphatic rings. The summed E-state index contributed by atoms with van der Waals surface area (Å²) < 4.78 is 14.6. The molecule has 0 unspecified atom stereocenters. The van der Waals surface area contributed by atoms with E-state index in [1.165, 1.54) is 27.8 Å². The Balaban J connectivity index is 1.52. The molecule has 0 N–H and O–H groups in total. The third-order valence-electron chi connectivity index (χ3n) is 5.15. The number of aromatic nitrogens is 3. The summed E-state index contributed by atoms with van der Waals surface area (Å²) in [6.07, 6.45) is 4.20. The summed E-state index contributed by atoms with van der Waals surface area (Å²) in [5, 5.41) is 0.438. The van der Waals surface area contributed by atoms with Crippen LogP contribution in [0.1, 0.15) is 11.1 Å². The van der Waals surface area contributed by atoms with E-state index in [1.807, 2.05) is 6.07 Å². The number of hydrogen-bond donors (Lipinski definition) is 0. The molecule has 0 saturated heterocycles. The van der Waals surface area contributed by atoms with Crippen LogP contribution >= 0.6 is 0 Å². The molecule has 138 valence electrons. The summed E-state index contributed by atoms with van der Waals surface area (Å²) in [5.74, 6) is 0.287. The van der Waals surface area contributed by atoms with Gasteiger partial charge in [-0.2, -0.15) is 0 Å². The van der Waals surface area contributed by atoms with Crippen molar-refractivity contribution in [3.63, 3.8) is 0 Å². The maximum Gasteiger partial charge on any atom is 0.266 e.